The number of hydrogen-bond donors (Lipinski definition) is 0. The number of hydrogen-bond acceptors (Lipinski definition) is 4. The number of ether oxygens (including phenoxy) is 3. The van der Waals surface area contributed by atoms with Gasteiger partial charge in [-0.05, 0) is 31.4 Å². The van der Waals surface area contributed by atoms with E-state index in [4.69, 9.17) is 14.2 Å². The molecule has 1 aliphatic carbocycles. The summed E-state index contributed by atoms with van der Waals surface area (Å²) in [6, 6.07) is 9.33. The van der Waals surface area contributed by atoms with Gasteiger partial charge in [-0.2, -0.15) is 0 Å². The van der Waals surface area contributed by atoms with E-state index in [2.05, 4.69) is 6.92 Å². The third kappa shape index (κ3) is 3.33. The highest BCUT2D eigenvalue weighted by Crippen LogP contribution is 2.35. The molecule has 1 aliphatic heterocycles. The predicted octanol–water partition coefficient (Wildman–Crippen LogP) is 3.47. The molecule has 1 heterocycles. The van der Waals surface area contributed by atoms with Crippen LogP contribution in [0.4, 0.5) is 0 Å². The third-order valence-electron chi connectivity index (χ3n) is 4.20. The quantitative estimate of drug-likeness (QED) is 0.835. The van der Waals surface area contributed by atoms with Crippen LogP contribution in [0, 0.1) is 5.92 Å². The van der Waals surface area contributed by atoms with Crippen LogP contribution in [-0.4, -0.2) is 24.6 Å². The van der Waals surface area contributed by atoms with Crippen LogP contribution in [0.15, 0.2) is 42.4 Å². The lowest BCUT2D eigenvalue weighted by Crippen LogP contribution is -2.42. The van der Waals surface area contributed by atoms with Gasteiger partial charge < -0.3 is 14.2 Å². The number of carbonyl (C=O) groups is 1. The normalized spacial score (nSPS) is 27.6. The molecule has 1 aromatic carbocycles. The third-order valence-corrected chi connectivity index (χ3v) is 4.20. The molecule has 0 aromatic heterocycles. The van der Waals surface area contributed by atoms with Gasteiger partial charge in [-0.25, -0.2) is 0 Å². The van der Waals surface area contributed by atoms with Gasteiger partial charge in [0.25, 0.3) is 0 Å². The molecule has 3 unspecified atom stereocenters. The maximum absolute atomic E-state index is 12.6. The molecule has 3 rings (SSSR count). The van der Waals surface area contributed by atoms with Crippen LogP contribution in [0.3, 0.4) is 0 Å². The summed E-state index contributed by atoms with van der Waals surface area (Å²) in [5, 5.41) is 0. The zero-order chi connectivity index (χ0) is 15.4. The van der Waals surface area contributed by atoms with Crippen LogP contribution < -0.4 is 4.74 Å². The van der Waals surface area contributed by atoms with Crippen molar-refractivity contribution in [3.05, 3.63) is 42.4 Å². The van der Waals surface area contributed by atoms with E-state index >= 15 is 0 Å². The van der Waals surface area contributed by atoms with E-state index in [0.29, 0.717) is 11.5 Å². The number of carbonyl (C=O) groups excluding carboxylic acids is 1. The van der Waals surface area contributed by atoms with Crippen molar-refractivity contribution in [2.45, 2.75) is 44.8 Å². The molecule has 1 saturated carbocycles. The molecule has 1 aromatic rings. The van der Waals surface area contributed by atoms with Crippen LogP contribution in [0.25, 0.3) is 0 Å². The molecule has 4 nitrogen and oxygen atoms in total. The molecule has 0 radical (unpaired) electrons. The minimum absolute atomic E-state index is 0.0500. The van der Waals surface area contributed by atoms with E-state index in [9.17, 15) is 4.79 Å². The molecule has 1 fully saturated rings. The Hall–Kier alpha value is -1.81. The van der Waals surface area contributed by atoms with Crippen molar-refractivity contribution in [2.75, 3.05) is 6.61 Å². The molecule has 0 bridgehead atoms. The lowest BCUT2D eigenvalue weighted by Gasteiger charge is -2.37. The van der Waals surface area contributed by atoms with Gasteiger partial charge >= 0.3 is 0 Å². The molecule has 22 heavy (non-hydrogen) atoms. The summed E-state index contributed by atoms with van der Waals surface area (Å²) in [7, 11) is 0. The van der Waals surface area contributed by atoms with Gasteiger partial charge in [-0.3, -0.25) is 4.79 Å². The smallest absolute Gasteiger partial charge is 0.207 e. The molecule has 4 heteroatoms. The van der Waals surface area contributed by atoms with Crippen molar-refractivity contribution in [3.63, 3.8) is 0 Å². The van der Waals surface area contributed by atoms with Crippen molar-refractivity contribution in [1.29, 1.82) is 0 Å². The Morgan fingerprint density at radius 2 is 2.05 bits per heavy atom. The van der Waals surface area contributed by atoms with E-state index in [-0.39, 0.29) is 23.9 Å². The largest absolute Gasteiger partial charge is 0.493 e. The molecule has 0 saturated heterocycles. The summed E-state index contributed by atoms with van der Waals surface area (Å²) >= 11 is 0. The van der Waals surface area contributed by atoms with Gasteiger partial charge in [0.05, 0.1) is 12.0 Å². The summed E-state index contributed by atoms with van der Waals surface area (Å²) in [5.74, 6) is 0.906. The highest BCUT2D eigenvalue weighted by Gasteiger charge is 2.41. The second kappa shape index (κ2) is 6.97. The fraction of sp³-hybridized carbons (Fsp3) is 0.500. The highest BCUT2D eigenvalue weighted by atomic mass is 16.5. The molecule has 118 valence electrons. The average Bonchev–Trinajstić information content (AvgIpc) is 2.56. The first-order valence-corrected chi connectivity index (χ1v) is 8.02. The molecule has 0 amide bonds. The van der Waals surface area contributed by atoms with Crippen LogP contribution in [0.5, 0.6) is 5.75 Å². The van der Waals surface area contributed by atoms with Crippen molar-refractivity contribution >= 4 is 5.78 Å². The van der Waals surface area contributed by atoms with Gasteiger partial charge in [-0.15, -0.1) is 0 Å². The molecule has 0 N–H and O–H groups in total. The lowest BCUT2D eigenvalue weighted by atomic mass is 9.80. The van der Waals surface area contributed by atoms with Crippen LogP contribution in [0.2, 0.25) is 0 Å². The Bertz CT molecular complexity index is 537. The number of allylic oxidation sites excluding steroid dienone is 1. The molecular formula is C18H22O4. The van der Waals surface area contributed by atoms with E-state index in [1.807, 2.05) is 30.3 Å². The first kappa shape index (κ1) is 15.1. The van der Waals surface area contributed by atoms with Gasteiger partial charge in [0, 0.05) is 13.0 Å². The summed E-state index contributed by atoms with van der Waals surface area (Å²) in [4.78, 5) is 12.6. The summed E-state index contributed by atoms with van der Waals surface area (Å²) in [6.07, 6.45) is 5.11. The topological polar surface area (TPSA) is 44.8 Å². The monoisotopic (exact) mass is 302 g/mol. The highest BCUT2D eigenvalue weighted by molar-refractivity contribution is 5.96. The summed E-state index contributed by atoms with van der Waals surface area (Å²) < 4.78 is 17.2. The minimum atomic E-state index is -0.106. The standard InChI is InChI=1S/C18H22O4/c1-2-10-20-14-8-9-15-16(11-14)21-12-17(18(15)19)22-13-6-4-3-5-7-13/h3-7,12,14-16H,2,8-11H2,1H3. The fourth-order valence-electron chi connectivity index (χ4n) is 3.06. The zero-order valence-corrected chi connectivity index (χ0v) is 12.9. The van der Waals surface area contributed by atoms with Crippen LogP contribution in [0.1, 0.15) is 32.6 Å². The van der Waals surface area contributed by atoms with Gasteiger partial charge in [-0.1, -0.05) is 25.1 Å². The van der Waals surface area contributed by atoms with Crippen LogP contribution in [-0.2, 0) is 14.3 Å². The fourth-order valence-corrected chi connectivity index (χ4v) is 3.06. The van der Waals surface area contributed by atoms with Crippen LogP contribution >= 0.6 is 0 Å². The second-order valence-electron chi connectivity index (χ2n) is 5.85. The zero-order valence-electron chi connectivity index (χ0n) is 12.9. The molecular weight excluding hydrogens is 280 g/mol. The SMILES string of the molecule is CCCOC1CCC2C(=O)C(Oc3ccccc3)=COC2C1. The number of fused-ring (bicyclic) bond motifs is 1. The minimum Gasteiger partial charge on any atom is -0.493 e. The maximum Gasteiger partial charge on any atom is 0.207 e. The molecule has 3 atom stereocenters. The number of rotatable bonds is 5. The van der Waals surface area contributed by atoms with E-state index in [0.717, 1.165) is 32.3 Å². The molecule has 0 spiro atoms. The number of benzene rings is 1. The number of Topliss-reactive ketones (excluding diaryl/α,β-unsaturated/α-hetero) is 1. The molecule has 2 aliphatic rings. The maximum atomic E-state index is 12.6. The van der Waals surface area contributed by atoms with E-state index in [1.54, 1.807) is 0 Å². The van der Waals surface area contributed by atoms with Gasteiger partial charge in [0.15, 0.2) is 0 Å². The van der Waals surface area contributed by atoms with Crippen molar-refractivity contribution in [1.82, 2.24) is 0 Å². The van der Waals surface area contributed by atoms with Crippen molar-refractivity contribution in [2.24, 2.45) is 5.92 Å². The Morgan fingerprint density at radius 1 is 1.23 bits per heavy atom. The lowest BCUT2D eigenvalue weighted by molar-refractivity contribution is -0.133. The van der Waals surface area contributed by atoms with E-state index in [1.165, 1.54) is 6.26 Å². The van der Waals surface area contributed by atoms with E-state index < -0.39 is 0 Å². The first-order chi connectivity index (χ1) is 10.8. The Kier molecular flexibility index (Phi) is 4.78. The Labute approximate surface area is 131 Å². The summed E-state index contributed by atoms with van der Waals surface area (Å²) in [6.45, 7) is 2.87. The van der Waals surface area contributed by atoms with Gasteiger partial charge in [0.2, 0.25) is 11.5 Å². The van der Waals surface area contributed by atoms with Gasteiger partial charge in [0.1, 0.15) is 18.1 Å². The average molecular weight is 302 g/mol. The Balaban J connectivity index is 1.64. The second-order valence-corrected chi connectivity index (χ2v) is 5.85. The number of para-hydroxylation sites is 1. The predicted molar refractivity (Wildman–Crippen MR) is 82.4 cm³/mol. The number of ketones is 1. The Morgan fingerprint density at radius 3 is 2.82 bits per heavy atom. The van der Waals surface area contributed by atoms with Crippen molar-refractivity contribution in [3.8, 4) is 5.75 Å². The first-order valence-electron chi connectivity index (χ1n) is 8.02. The summed E-state index contributed by atoms with van der Waals surface area (Å²) in [5.41, 5.74) is 0. The van der Waals surface area contributed by atoms with Crippen molar-refractivity contribution < 1.29 is 19.0 Å².